The molecule has 3 aromatic rings. The van der Waals surface area contributed by atoms with Crippen LogP contribution >= 0.6 is 11.3 Å². The van der Waals surface area contributed by atoms with Gasteiger partial charge in [-0.05, 0) is 30.5 Å². The number of nitrogens with one attached hydrogen (secondary N) is 3. The highest BCUT2D eigenvalue weighted by Gasteiger charge is 2.22. The first-order chi connectivity index (χ1) is 12.2. The Balaban J connectivity index is 1.37. The number of hydrogen-bond donors (Lipinski definition) is 3. The van der Waals surface area contributed by atoms with Gasteiger partial charge < -0.3 is 5.32 Å². The van der Waals surface area contributed by atoms with Crippen LogP contribution < -0.4 is 10.6 Å². The number of nitrogens with zero attached hydrogens (tertiary/aromatic N) is 3. The number of carbonyl (C=O) groups is 1. The maximum Gasteiger partial charge on any atom is 0.277 e. The zero-order valence-corrected chi connectivity index (χ0v) is 13.9. The smallest absolute Gasteiger partial charge is 0.277 e. The molecule has 2 aromatic heterocycles. The number of hydrogen-bond acceptors (Lipinski definition) is 6. The Morgan fingerprint density at radius 2 is 2.08 bits per heavy atom. The first kappa shape index (κ1) is 15.7. The van der Waals surface area contributed by atoms with Gasteiger partial charge in [-0.1, -0.05) is 12.1 Å². The van der Waals surface area contributed by atoms with Crippen LogP contribution in [-0.2, 0) is 6.42 Å². The van der Waals surface area contributed by atoms with E-state index in [9.17, 15) is 9.18 Å². The highest BCUT2D eigenvalue weighted by molar-refractivity contribution is 7.13. The summed E-state index contributed by atoms with van der Waals surface area (Å²) >= 11 is 1.40. The van der Waals surface area contributed by atoms with E-state index in [1.807, 2.05) is 0 Å². The van der Waals surface area contributed by atoms with E-state index in [-0.39, 0.29) is 17.7 Å². The van der Waals surface area contributed by atoms with Crippen LogP contribution in [0.25, 0.3) is 0 Å². The number of rotatable bonds is 6. The fraction of sp³-hybridized carbons (Fsp3) is 0.250. The molecular formula is C16H15FN6OS. The molecule has 25 heavy (non-hydrogen) atoms. The van der Waals surface area contributed by atoms with Crippen molar-refractivity contribution < 1.29 is 9.18 Å². The Labute approximate surface area is 146 Å². The van der Waals surface area contributed by atoms with Gasteiger partial charge in [0.15, 0.2) is 5.13 Å². The lowest BCUT2D eigenvalue weighted by Crippen LogP contribution is -2.13. The molecule has 1 aliphatic rings. The van der Waals surface area contributed by atoms with Gasteiger partial charge in [-0.2, -0.15) is 4.98 Å². The van der Waals surface area contributed by atoms with Gasteiger partial charge >= 0.3 is 0 Å². The molecule has 2 heterocycles. The van der Waals surface area contributed by atoms with Crippen LogP contribution in [0.4, 0.5) is 15.5 Å². The van der Waals surface area contributed by atoms with Gasteiger partial charge in [-0.25, -0.2) is 9.37 Å². The van der Waals surface area contributed by atoms with Gasteiger partial charge in [0.05, 0.1) is 0 Å². The summed E-state index contributed by atoms with van der Waals surface area (Å²) in [4.78, 5) is 20.7. The molecule has 128 valence electrons. The standard InChI is InChI=1S/C16H15FN6OS/c17-10-3-1-9(2-4-10)7-13-20-15(23-22-13)21-14(24)12-8-25-16(19-12)18-11-5-6-11/h1-4,8,11H,5-7H2,(H,18,19)(H2,20,21,22,23,24). The van der Waals surface area contributed by atoms with E-state index in [1.54, 1.807) is 17.5 Å². The average molecular weight is 358 g/mol. The molecule has 4 rings (SSSR count). The van der Waals surface area contributed by atoms with Crippen LogP contribution in [0, 0.1) is 5.82 Å². The fourth-order valence-corrected chi connectivity index (χ4v) is 3.01. The lowest BCUT2D eigenvalue weighted by Gasteiger charge is -1.98. The minimum atomic E-state index is -0.354. The SMILES string of the molecule is O=C(Nc1n[nH]c(Cc2ccc(F)cc2)n1)c1csc(NC2CC2)n1. The second-order valence-electron chi connectivity index (χ2n) is 5.82. The zero-order chi connectivity index (χ0) is 17.2. The van der Waals surface area contributed by atoms with E-state index in [0.717, 1.165) is 23.5 Å². The summed E-state index contributed by atoms with van der Waals surface area (Å²) in [6.45, 7) is 0. The van der Waals surface area contributed by atoms with Crippen LogP contribution in [0.1, 0.15) is 34.7 Å². The third-order valence-electron chi connectivity index (χ3n) is 3.68. The van der Waals surface area contributed by atoms with Crippen LogP contribution in [0.15, 0.2) is 29.6 Å². The summed E-state index contributed by atoms with van der Waals surface area (Å²) in [5, 5.41) is 15.1. The first-order valence-corrected chi connectivity index (χ1v) is 8.73. The molecule has 0 radical (unpaired) electrons. The number of H-pyrrole nitrogens is 1. The molecule has 1 saturated carbocycles. The molecule has 1 aromatic carbocycles. The predicted octanol–water partition coefficient (Wildman–Crippen LogP) is 2.82. The summed E-state index contributed by atoms with van der Waals surface area (Å²) in [6.07, 6.45) is 2.76. The van der Waals surface area contributed by atoms with Crippen molar-refractivity contribution >= 4 is 28.3 Å². The largest absolute Gasteiger partial charge is 0.359 e. The number of amides is 1. The summed E-state index contributed by atoms with van der Waals surface area (Å²) < 4.78 is 12.9. The average Bonchev–Trinajstić information content (AvgIpc) is 3.10. The predicted molar refractivity (Wildman–Crippen MR) is 92.3 cm³/mol. The van der Waals surface area contributed by atoms with Crippen molar-refractivity contribution in [3.63, 3.8) is 0 Å². The Morgan fingerprint density at radius 3 is 2.84 bits per heavy atom. The molecular weight excluding hydrogens is 343 g/mol. The van der Waals surface area contributed by atoms with Crippen molar-refractivity contribution in [2.24, 2.45) is 0 Å². The van der Waals surface area contributed by atoms with Gasteiger partial charge in [0.25, 0.3) is 5.91 Å². The van der Waals surface area contributed by atoms with E-state index >= 15 is 0 Å². The molecule has 0 unspecified atom stereocenters. The number of anilines is 2. The van der Waals surface area contributed by atoms with Gasteiger partial charge in [0.2, 0.25) is 5.95 Å². The summed E-state index contributed by atoms with van der Waals surface area (Å²) in [6, 6.07) is 6.64. The molecule has 0 atom stereocenters. The normalized spacial score (nSPS) is 13.6. The Bertz CT molecular complexity index is 886. The Hall–Kier alpha value is -2.81. The second kappa shape index (κ2) is 6.60. The number of thiazole rings is 1. The van der Waals surface area contributed by atoms with E-state index < -0.39 is 0 Å². The number of benzene rings is 1. The van der Waals surface area contributed by atoms with E-state index in [0.29, 0.717) is 24.0 Å². The van der Waals surface area contributed by atoms with Crippen LogP contribution in [0.3, 0.4) is 0 Å². The highest BCUT2D eigenvalue weighted by Crippen LogP contribution is 2.26. The lowest BCUT2D eigenvalue weighted by molar-refractivity contribution is 0.102. The summed E-state index contributed by atoms with van der Waals surface area (Å²) in [7, 11) is 0. The van der Waals surface area contributed by atoms with Gasteiger partial charge in [0.1, 0.15) is 17.3 Å². The Morgan fingerprint density at radius 1 is 1.28 bits per heavy atom. The van der Waals surface area contributed by atoms with E-state index in [4.69, 9.17) is 0 Å². The molecule has 1 amide bonds. The minimum Gasteiger partial charge on any atom is -0.359 e. The van der Waals surface area contributed by atoms with Crippen molar-refractivity contribution in [1.82, 2.24) is 20.2 Å². The molecule has 1 aliphatic carbocycles. The lowest BCUT2D eigenvalue weighted by atomic mass is 10.1. The maximum atomic E-state index is 12.9. The fourth-order valence-electron chi connectivity index (χ4n) is 2.24. The number of aromatic nitrogens is 4. The minimum absolute atomic E-state index is 0.187. The van der Waals surface area contributed by atoms with Gasteiger partial charge in [0, 0.05) is 17.8 Å². The van der Waals surface area contributed by atoms with Crippen molar-refractivity contribution in [2.45, 2.75) is 25.3 Å². The third-order valence-corrected chi connectivity index (χ3v) is 4.46. The van der Waals surface area contributed by atoms with E-state index in [2.05, 4.69) is 30.8 Å². The zero-order valence-electron chi connectivity index (χ0n) is 13.1. The first-order valence-electron chi connectivity index (χ1n) is 7.85. The molecule has 9 heteroatoms. The number of halogens is 1. The third kappa shape index (κ3) is 4.00. The molecule has 0 aliphatic heterocycles. The quantitative estimate of drug-likeness (QED) is 0.630. The van der Waals surface area contributed by atoms with Crippen molar-refractivity contribution in [3.8, 4) is 0 Å². The molecule has 0 bridgehead atoms. The molecule has 0 saturated heterocycles. The van der Waals surface area contributed by atoms with Crippen LogP contribution in [0.5, 0.6) is 0 Å². The van der Waals surface area contributed by atoms with Gasteiger partial charge in [-0.3, -0.25) is 15.2 Å². The van der Waals surface area contributed by atoms with Crippen molar-refractivity contribution in [3.05, 3.63) is 52.5 Å². The molecule has 3 N–H and O–H groups in total. The topological polar surface area (TPSA) is 95.6 Å². The maximum absolute atomic E-state index is 12.9. The monoisotopic (exact) mass is 358 g/mol. The molecule has 0 spiro atoms. The number of carbonyl (C=O) groups excluding carboxylic acids is 1. The number of aromatic amines is 1. The van der Waals surface area contributed by atoms with Crippen molar-refractivity contribution in [2.75, 3.05) is 10.6 Å². The van der Waals surface area contributed by atoms with Crippen LogP contribution in [0.2, 0.25) is 0 Å². The van der Waals surface area contributed by atoms with Crippen molar-refractivity contribution in [1.29, 1.82) is 0 Å². The Kier molecular flexibility index (Phi) is 4.14. The summed E-state index contributed by atoms with van der Waals surface area (Å²) in [5.74, 6) is 0.128. The highest BCUT2D eigenvalue weighted by atomic mass is 32.1. The summed E-state index contributed by atoms with van der Waals surface area (Å²) in [5.41, 5.74) is 1.23. The molecule has 1 fully saturated rings. The van der Waals surface area contributed by atoms with E-state index in [1.165, 1.54) is 23.5 Å². The van der Waals surface area contributed by atoms with Crippen LogP contribution in [-0.4, -0.2) is 32.1 Å². The second-order valence-corrected chi connectivity index (χ2v) is 6.68. The van der Waals surface area contributed by atoms with Gasteiger partial charge in [-0.15, -0.1) is 16.4 Å². The molecule has 7 nitrogen and oxygen atoms in total.